The van der Waals surface area contributed by atoms with Gasteiger partial charge in [-0.2, -0.15) is 0 Å². The van der Waals surface area contributed by atoms with Crippen molar-refractivity contribution in [3.63, 3.8) is 0 Å². The van der Waals surface area contributed by atoms with Crippen LogP contribution in [0.3, 0.4) is 0 Å². The van der Waals surface area contributed by atoms with Crippen molar-refractivity contribution in [2.45, 2.75) is 91.4 Å². The fourth-order valence-corrected chi connectivity index (χ4v) is 2.64. The lowest BCUT2D eigenvalue weighted by molar-refractivity contribution is -0.138. The molecular weight excluding hydrogens is 320 g/mol. The molecule has 0 aliphatic carbocycles. The molecule has 0 saturated heterocycles. The second-order valence-corrected chi connectivity index (χ2v) is 6.44. The first-order valence-corrected chi connectivity index (χ1v) is 10.6. The third-order valence-corrected chi connectivity index (χ3v) is 4.16. The summed E-state index contributed by atoms with van der Waals surface area (Å²) in [5, 5.41) is 0. The van der Waals surface area contributed by atoms with Crippen molar-refractivity contribution in [2.75, 3.05) is 6.61 Å². The predicted molar refractivity (Wildman–Crippen MR) is 114 cm³/mol. The summed E-state index contributed by atoms with van der Waals surface area (Å²) in [6.07, 6.45) is 28.0. The van der Waals surface area contributed by atoms with E-state index in [4.69, 9.17) is 4.74 Å². The van der Waals surface area contributed by atoms with Gasteiger partial charge in [-0.3, -0.25) is 0 Å². The molecule has 0 heterocycles. The lowest BCUT2D eigenvalue weighted by atomic mass is 10.1. The van der Waals surface area contributed by atoms with Crippen molar-refractivity contribution in [3.05, 3.63) is 48.1 Å². The highest BCUT2D eigenvalue weighted by atomic mass is 16.5. The van der Waals surface area contributed by atoms with Crippen LogP contribution in [-0.4, -0.2) is 12.6 Å². The minimum Gasteiger partial charge on any atom is -0.463 e. The number of carbonyl (C=O) groups is 1. The number of carbonyl (C=O) groups excluding carboxylic acids is 1. The van der Waals surface area contributed by atoms with Crippen LogP contribution < -0.4 is 0 Å². The highest BCUT2D eigenvalue weighted by molar-refractivity contribution is 5.88. The summed E-state index contributed by atoms with van der Waals surface area (Å²) < 4.78 is 5.05. The predicted octanol–water partition coefficient (Wildman–Crippen LogP) is 7.48. The highest BCUT2D eigenvalue weighted by Crippen LogP contribution is 2.11. The fourth-order valence-electron chi connectivity index (χ4n) is 2.64. The van der Waals surface area contributed by atoms with Gasteiger partial charge < -0.3 is 4.74 Å². The maximum Gasteiger partial charge on any atom is 0.333 e. The smallest absolute Gasteiger partial charge is 0.333 e. The number of hydrogen-bond acceptors (Lipinski definition) is 2. The molecule has 0 rings (SSSR count). The Morgan fingerprint density at radius 1 is 0.731 bits per heavy atom. The highest BCUT2D eigenvalue weighted by Gasteiger charge is 2.06. The third-order valence-electron chi connectivity index (χ3n) is 4.16. The first-order valence-electron chi connectivity index (χ1n) is 10.6. The number of allylic oxidation sites excluding steroid dienone is 7. The molecule has 0 N–H and O–H groups in total. The Balaban J connectivity index is 3.54. The maximum absolute atomic E-state index is 11.7. The molecule has 0 spiro atoms. The average Bonchev–Trinajstić information content (AvgIpc) is 2.64. The van der Waals surface area contributed by atoms with Gasteiger partial charge in [0.15, 0.2) is 0 Å². The molecule has 148 valence electrons. The van der Waals surface area contributed by atoms with E-state index in [1.54, 1.807) is 0 Å². The Labute approximate surface area is 162 Å². The Hall–Kier alpha value is -1.57. The normalized spacial score (nSPS) is 12.7. The van der Waals surface area contributed by atoms with E-state index in [1.807, 2.05) is 13.8 Å². The molecule has 2 nitrogen and oxygen atoms in total. The zero-order valence-corrected chi connectivity index (χ0v) is 17.3. The van der Waals surface area contributed by atoms with Crippen LogP contribution in [0.5, 0.6) is 0 Å². The maximum atomic E-state index is 11.7. The topological polar surface area (TPSA) is 26.3 Å². The summed E-state index contributed by atoms with van der Waals surface area (Å²) >= 11 is 0. The van der Waals surface area contributed by atoms with Gasteiger partial charge in [0.25, 0.3) is 0 Å². The molecule has 0 aliphatic rings. The molecular formula is C24H40O2. The average molecular weight is 361 g/mol. The Morgan fingerprint density at radius 3 is 1.92 bits per heavy atom. The standard InChI is InChI=1S/C24H40O2/c1-4-7-8-9-10-11-12-13-14-15-16-17-18-19-20-21-22-23(5-2)24(25)26-6-3/h7-8,10-11,13-14,22H,4-6,9,12,15-21H2,1-3H3. The summed E-state index contributed by atoms with van der Waals surface area (Å²) in [7, 11) is 0. The zero-order chi connectivity index (χ0) is 19.3. The van der Waals surface area contributed by atoms with Gasteiger partial charge in [0.1, 0.15) is 0 Å². The molecule has 2 heteroatoms. The number of esters is 1. The van der Waals surface area contributed by atoms with Gasteiger partial charge in [-0.25, -0.2) is 4.79 Å². The molecule has 0 amide bonds. The molecule has 0 unspecified atom stereocenters. The molecule has 0 aromatic rings. The van der Waals surface area contributed by atoms with Crippen LogP contribution in [-0.2, 0) is 9.53 Å². The summed E-state index contributed by atoms with van der Waals surface area (Å²) in [5.74, 6) is -0.144. The van der Waals surface area contributed by atoms with E-state index in [2.05, 4.69) is 49.5 Å². The summed E-state index contributed by atoms with van der Waals surface area (Å²) in [6, 6.07) is 0. The minimum atomic E-state index is -0.144. The molecule has 0 aromatic carbocycles. The minimum absolute atomic E-state index is 0.144. The second-order valence-electron chi connectivity index (χ2n) is 6.44. The van der Waals surface area contributed by atoms with Gasteiger partial charge in [0.2, 0.25) is 0 Å². The van der Waals surface area contributed by atoms with Crippen LogP contribution in [0.15, 0.2) is 48.1 Å². The SMILES string of the molecule is CCC=CCC=CCC=CCCCCCCCC=C(CC)C(=O)OCC. The van der Waals surface area contributed by atoms with Gasteiger partial charge in [-0.1, -0.05) is 75.6 Å². The molecule has 0 atom stereocenters. The number of hydrogen-bond donors (Lipinski definition) is 0. The number of rotatable bonds is 16. The van der Waals surface area contributed by atoms with Gasteiger partial charge in [-0.05, 0) is 58.3 Å². The van der Waals surface area contributed by atoms with E-state index < -0.39 is 0 Å². The number of unbranched alkanes of at least 4 members (excludes halogenated alkanes) is 6. The fraction of sp³-hybridized carbons (Fsp3) is 0.625. The third kappa shape index (κ3) is 15.9. The first-order chi connectivity index (χ1) is 12.8. The van der Waals surface area contributed by atoms with Crippen LogP contribution in [0.25, 0.3) is 0 Å². The Kier molecular flexibility index (Phi) is 18.6. The van der Waals surface area contributed by atoms with Crippen molar-refractivity contribution in [2.24, 2.45) is 0 Å². The van der Waals surface area contributed by atoms with Crippen LogP contribution in [0.2, 0.25) is 0 Å². The molecule has 0 fully saturated rings. The van der Waals surface area contributed by atoms with Gasteiger partial charge in [0, 0.05) is 5.57 Å². The summed E-state index contributed by atoms with van der Waals surface area (Å²) in [6.45, 7) is 6.48. The van der Waals surface area contributed by atoms with Crippen LogP contribution in [0.1, 0.15) is 91.4 Å². The van der Waals surface area contributed by atoms with Crippen LogP contribution in [0.4, 0.5) is 0 Å². The molecule has 26 heavy (non-hydrogen) atoms. The van der Waals surface area contributed by atoms with E-state index >= 15 is 0 Å². The van der Waals surface area contributed by atoms with E-state index in [0.717, 1.165) is 44.1 Å². The Bertz CT molecular complexity index is 441. The molecule has 0 radical (unpaired) electrons. The van der Waals surface area contributed by atoms with E-state index in [-0.39, 0.29) is 5.97 Å². The van der Waals surface area contributed by atoms with E-state index in [0.29, 0.717) is 6.61 Å². The van der Waals surface area contributed by atoms with Crippen molar-refractivity contribution >= 4 is 5.97 Å². The largest absolute Gasteiger partial charge is 0.463 e. The van der Waals surface area contributed by atoms with Crippen LogP contribution in [0, 0.1) is 0 Å². The van der Waals surface area contributed by atoms with Crippen molar-refractivity contribution in [3.8, 4) is 0 Å². The molecule has 0 bridgehead atoms. The Morgan fingerprint density at radius 2 is 1.31 bits per heavy atom. The first kappa shape index (κ1) is 24.4. The van der Waals surface area contributed by atoms with E-state index in [9.17, 15) is 4.79 Å². The van der Waals surface area contributed by atoms with Crippen molar-refractivity contribution < 1.29 is 9.53 Å². The van der Waals surface area contributed by atoms with Crippen LogP contribution >= 0.6 is 0 Å². The summed E-state index contributed by atoms with van der Waals surface area (Å²) in [4.78, 5) is 11.7. The van der Waals surface area contributed by atoms with Gasteiger partial charge >= 0.3 is 5.97 Å². The number of ether oxygens (including phenoxy) is 1. The lowest BCUT2D eigenvalue weighted by Crippen LogP contribution is -2.06. The summed E-state index contributed by atoms with van der Waals surface area (Å²) in [5.41, 5.74) is 0.826. The monoisotopic (exact) mass is 360 g/mol. The molecule has 0 aliphatic heterocycles. The van der Waals surface area contributed by atoms with Gasteiger partial charge in [-0.15, -0.1) is 0 Å². The quantitative estimate of drug-likeness (QED) is 0.123. The molecule has 0 saturated carbocycles. The van der Waals surface area contributed by atoms with Crippen molar-refractivity contribution in [1.82, 2.24) is 0 Å². The lowest BCUT2D eigenvalue weighted by Gasteiger charge is -2.04. The van der Waals surface area contributed by atoms with Crippen molar-refractivity contribution in [1.29, 1.82) is 0 Å². The van der Waals surface area contributed by atoms with Gasteiger partial charge in [0.05, 0.1) is 6.61 Å². The molecule has 0 aromatic heterocycles. The second kappa shape index (κ2) is 19.8. The zero-order valence-electron chi connectivity index (χ0n) is 17.3. The van der Waals surface area contributed by atoms with E-state index in [1.165, 1.54) is 32.1 Å².